The van der Waals surface area contributed by atoms with Crippen LogP contribution in [-0.4, -0.2) is 71.7 Å². The summed E-state index contributed by atoms with van der Waals surface area (Å²) in [6, 6.07) is 0. The minimum absolute atomic E-state index is 0.0329. The molecule has 1 aromatic heterocycles. The molecule has 0 unspecified atom stereocenters. The van der Waals surface area contributed by atoms with Gasteiger partial charge in [-0.2, -0.15) is 0 Å². The van der Waals surface area contributed by atoms with Gasteiger partial charge in [0, 0.05) is 25.0 Å². The number of ether oxygens (including phenoxy) is 1. The Labute approximate surface area is 184 Å². The Morgan fingerprint density at radius 3 is 2.40 bits per heavy atom. The van der Waals surface area contributed by atoms with Crippen molar-refractivity contribution in [2.75, 3.05) is 44.2 Å². The summed E-state index contributed by atoms with van der Waals surface area (Å²) in [5.41, 5.74) is -0.629. The van der Waals surface area contributed by atoms with Gasteiger partial charge in [0.25, 0.3) is 0 Å². The van der Waals surface area contributed by atoms with Crippen LogP contribution in [0.4, 0.5) is 10.6 Å². The second-order valence-corrected chi connectivity index (χ2v) is 10.5. The van der Waals surface area contributed by atoms with Gasteiger partial charge in [-0.15, -0.1) is 11.3 Å². The smallest absolute Gasteiger partial charge is 0.416 e. The van der Waals surface area contributed by atoms with Crippen LogP contribution < -0.4 is 4.90 Å². The molecule has 30 heavy (non-hydrogen) atoms. The van der Waals surface area contributed by atoms with Crippen LogP contribution in [0.1, 0.15) is 57.9 Å². The third-order valence-corrected chi connectivity index (χ3v) is 6.48. The molecule has 2 fully saturated rings. The maximum atomic E-state index is 13.0. The fraction of sp³-hybridized carbons (Fsp3) is 0.773. The van der Waals surface area contributed by atoms with E-state index >= 15 is 0 Å². The highest BCUT2D eigenvalue weighted by molar-refractivity contribution is 7.09. The van der Waals surface area contributed by atoms with Crippen molar-refractivity contribution in [1.29, 1.82) is 0 Å². The summed E-state index contributed by atoms with van der Waals surface area (Å²) < 4.78 is 5.53. The lowest BCUT2D eigenvalue weighted by molar-refractivity contribution is -0.131. The first kappa shape index (κ1) is 23.0. The molecule has 0 radical (unpaired) electrons. The zero-order chi connectivity index (χ0) is 21.7. The van der Waals surface area contributed by atoms with Crippen molar-refractivity contribution >= 4 is 29.2 Å². The molecule has 2 amide bonds. The highest BCUT2D eigenvalue weighted by atomic mass is 32.1. The lowest BCUT2D eigenvalue weighted by Gasteiger charge is -2.36. The zero-order valence-electron chi connectivity index (χ0n) is 18.9. The molecule has 8 heteroatoms. The number of carbonyl (C=O) groups excluding carboxylic acids is 2. The lowest BCUT2D eigenvalue weighted by Crippen LogP contribution is -2.48. The highest BCUT2D eigenvalue weighted by Gasteiger charge is 2.30. The van der Waals surface area contributed by atoms with E-state index in [4.69, 9.17) is 4.74 Å². The summed E-state index contributed by atoms with van der Waals surface area (Å²) in [6.45, 7) is 12.4. The number of likely N-dealkylation sites (tertiary alicyclic amines) is 2. The normalized spacial score (nSPS) is 19.0. The van der Waals surface area contributed by atoms with Gasteiger partial charge in [-0.05, 0) is 72.4 Å². The van der Waals surface area contributed by atoms with Gasteiger partial charge in [0.1, 0.15) is 18.0 Å². The molecule has 1 aromatic rings. The van der Waals surface area contributed by atoms with E-state index in [1.54, 1.807) is 5.38 Å². The molecule has 0 spiro atoms. The predicted molar refractivity (Wildman–Crippen MR) is 120 cm³/mol. The number of aromatic nitrogens is 1. The maximum Gasteiger partial charge on any atom is 0.416 e. The summed E-state index contributed by atoms with van der Waals surface area (Å²) in [4.78, 5) is 36.0. The monoisotopic (exact) mass is 436 g/mol. The number of hydrogen-bond donors (Lipinski definition) is 0. The van der Waals surface area contributed by atoms with Crippen molar-refractivity contribution in [3.05, 3.63) is 10.4 Å². The average Bonchev–Trinajstić information content (AvgIpc) is 3.12. The Kier molecular flexibility index (Phi) is 7.74. The van der Waals surface area contributed by atoms with Crippen LogP contribution in [0.5, 0.6) is 0 Å². The van der Waals surface area contributed by atoms with E-state index in [-0.39, 0.29) is 12.5 Å². The first-order chi connectivity index (χ1) is 14.2. The molecule has 0 saturated carbocycles. The summed E-state index contributed by atoms with van der Waals surface area (Å²) in [6.07, 6.45) is 5.52. The van der Waals surface area contributed by atoms with Crippen LogP contribution in [0, 0.1) is 12.8 Å². The van der Waals surface area contributed by atoms with Gasteiger partial charge in [0.15, 0.2) is 0 Å². The molecule has 0 N–H and O–H groups in total. The van der Waals surface area contributed by atoms with Crippen LogP contribution in [0.25, 0.3) is 0 Å². The number of hydrogen-bond acceptors (Lipinski definition) is 6. The van der Waals surface area contributed by atoms with E-state index in [2.05, 4.69) is 9.88 Å². The minimum atomic E-state index is -0.629. The van der Waals surface area contributed by atoms with E-state index in [1.807, 2.05) is 32.6 Å². The summed E-state index contributed by atoms with van der Waals surface area (Å²) >= 11 is 1.46. The van der Waals surface area contributed by atoms with Gasteiger partial charge >= 0.3 is 6.09 Å². The fourth-order valence-corrected chi connectivity index (χ4v) is 4.74. The van der Waals surface area contributed by atoms with Crippen molar-refractivity contribution in [3.8, 4) is 0 Å². The number of carbonyl (C=O) groups is 2. The van der Waals surface area contributed by atoms with Crippen molar-refractivity contribution in [3.63, 3.8) is 0 Å². The molecule has 3 rings (SSSR count). The first-order valence-electron chi connectivity index (χ1n) is 11.1. The van der Waals surface area contributed by atoms with E-state index < -0.39 is 11.7 Å². The van der Waals surface area contributed by atoms with Crippen LogP contribution in [-0.2, 0) is 9.53 Å². The van der Waals surface area contributed by atoms with Gasteiger partial charge in [-0.1, -0.05) is 6.42 Å². The molecule has 2 aliphatic heterocycles. The number of nitrogens with zero attached hydrogens (tertiary/aromatic N) is 4. The molecular formula is C22H36N4O3S. The predicted octanol–water partition coefficient (Wildman–Crippen LogP) is 3.92. The summed E-state index contributed by atoms with van der Waals surface area (Å²) in [5, 5.41) is 2.65. The van der Waals surface area contributed by atoms with Crippen LogP contribution in [0.15, 0.2) is 5.38 Å². The Balaban J connectivity index is 1.55. The van der Waals surface area contributed by atoms with Crippen LogP contribution in [0.3, 0.4) is 0 Å². The number of aryl methyl sites for hydroxylation is 1. The maximum absolute atomic E-state index is 13.0. The number of thiazole rings is 1. The standard InChI is InChI=1S/C22H36N4O3S/c1-17-23-19(16-30-17)26(21(28)29-22(2,3)4)15-20(27)25-12-8-18(9-13-25)14-24-10-6-5-7-11-24/h16,18H,5-15H2,1-4H3. The van der Waals surface area contributed by atoms with E-state index in [1.165, 1.54) is 48.6 Å². The largest absolute Gasteiger partial charge is 0.443 e. The lowest BCUT2D eigenvalue weighted by atomic mass is 9.95. The van der Waals surface area contributed by atoms with Gasteiger partial charge in [0.2, 0.25) is 5.91 Å². The van der Waals surface area contributed by atoms with Crippen molar-refractivity contribution in [2.24, 2.45) is 5.92 Å². The molecule has 2 saturated heterocycles. The van der Waals surface area contributed by atoms with E-state index in [0.29, 0.717) is 11.7 Å². The fourth-order valence-electron chi connectivity index (χ4n) is 4.14. The summed E-state index contributed by atoms with van der Waals surface area (Å²) in [5.74, 6) is 1.11. The molecule has 3 heterocycles. The number of piperidine rings is 2. The Morgan fingerprint density at radius 2 is 1.83 bits per heavy atom. The molecule has 0 bridgehead atoms. The quantitative estimate of drug-likeness (QED) is 0.700. The Bertz CT molecular complexity index is 716. The van der Waals surface area contributed by atoms with Crippen LogP contribution >= 0.6 is 11.3 Å². The number of anilines is 1. The minimum Gasteiger partial charge on any atom is -0.443 e. The van der Waals surface area contributed by atoms with Crippen molar-refractivity contribution in [2.45, 2.75) is 65.4 Å². The van der Waals surface area contributed by atoms with Gasteiger partial charge in [-0.3, -0.25) is 9.69 Å². The zero-order valence-corrected chi connectivity index (χ0v) is 19.7. The third-order valence-electron chi connectivity index (χ3n) is 5.72. The molecule has 2 aliphatic rings. The first-order valence-corrected chi connectivity index (χ1v) is 12.0. The second kappa shape index (κ2) is 10.1. The van der Waals surface area contributed by atoms with Gasteiger partial charge in [0.05, 0.1) is 5.01 Å². The SMILES string of the molecule is Cc1nc(N(CC(=O)N2CCC(CN3CCCCC3)CC2)C(=O)OC(C)(C)C)cs1. The summed E-state index contributed by atoms with van der Waals surface area (Å²) in [7, 11) is 0. The average molecular weight is 437 g/mol. The molecular weight excluding hydrogens is 400 g/mol. The van der Waals surface area contributed by atoms with Crippen molar-refractivity contribution < 1.29 is 14.3 Å². The van der Waals surface area contributed by atoms with Gasteiger partial charge < -0.3 is 14.5 Å². The highest BCUT2D eigenvalue weighted by Crippen LogP contribution is 2.23. The molecule has 0 atom stereocenters. The molecule has 7 nitrogen and oxygen atoms in total. The second-order valence-electron chi connectivity index (χ2n) is 9.48. The molecule has 0 aliphatic carbocycles. The number of amides is 2. The number of rotatable bonds is 5. The molecule has 168 valence electrons. The molecule has 0 aromatic carbocycles. The topological polar surface area (TPSA) is 66.0 Å². The third kappa shape index (κ3) is 6.67. The van der Waals surface area contributed by atoms with E-state index in [0.717, 1.165) is 37.5 Å². The van der Waals surface area contributed by atoms with Crippen LogP contribution in [0.2, 0.25) is 0 Å². The van der Waals surface area contributed by atoms with Crippen molar-refractivity contribution in [1.82, 2.24) is 14.8 Å². The van der Waals surface area contributed by atoms with E-state index in [9.17, 15) is 9.59 Å². The van der Waals surface area contributed by atoms with Gasteiger partial charge in [-0.25, -0.2) is 9.78 Å². The Hall–Kier alpha value is -1.67. The Morgan fingerprint density at radius 1 is 1.17 bits per heavy atom.